The Morgan fingerprint density at radius 1 is 0.941 bits per heavy atom. The highest BCUT2D eigenvalue weighted by Gasteiger charge is 2.12. The molecule has 2 aromatic heterocycles. The number of nitrogens with zero attached hydrogens (tertiary/aromatic N) is 3. The number of imidazole rings is 1. The number of nitrogens with one attached hydrogen (secondary N) is 1. The van der Waals surface area contributed by atoms with Gasteiger partial charge in [0.1, 0.15) is 11.2 Å². The average molecular weight is 265 g/mol. The van der Waals surface area contributed by atoms with Crippen LogP contribution in [0.25, 0.3) is 22.4 Å². The van der Waals surface area contributed by atoms with E-state index < -0.39 is 0 Å². The topological polar surface area (TPSA) is 54.5 Å². The summed E-state index contributed by atoms with van der Waals surface area (Å²) in [5, 5.41) is 0.424. The van der Waals surface area contributed by atoms with Gasteiger partial charge in [0.25, 0.3) is 0 Å². The number of halogens is 2. The van der Waals surface area contributed by atoms with Crippen LogP contribution >= 0.6 is 23.2 Å². The van der Waals surface area contributed by atoms with Crippen molar-refractivity contribution in [3.8, 4) is 11.3 Å². The van der Waals surface area contributed by atoms with Crippen LogP contribution in [0.4, 0.5) is 0 Å². The standard InChI is InChI=1S/C11H6Cl2N4/c12-10-14-7(6-4-2-1-3-5-6)8-9(16-10)17-11(13)15-8/h1-5H,(H,14,15,16,17). The zero-order valence-electron chi connectivity index (χ0n) is 8.48. The van der Waals surface area contributed by atoms with E-state index >= 15 is 0 Å². The van der Waals surface area contributed by atoms with Crippen LogP contribution in [0.15, 0.2) is 30.3 Å². The fourth-order valence-corrected chi connectivity index (χ4v) is 1.99. The molecule has 0 spiro atoms. The van der Waals surface area contributed by atoms with Gasteiger partial charge in [-0.3, -0.25) is 0 Å². The number of aromatic amines is 1. The first-order chi connectivity index (χ1) is 8.24. The summed E-state index contributed by atoms with van der Waals surface area (Å²) in [6.07, 6.45) is 0. The third-order valence-electron chi connectivity index (χ3n) is 2.34. The van der Waals surface area contributed by atoms with Crippen molar-refractivity contribution in [1.82, 2.24) is 19.9 Å². The molecule has 17 heavy (non-hydrogen) atoms. The number of benzene rings is 1. The molecular formula is C11H6Cl2N4. The van der Waals surface area contributed by atoms with Gasteiger partial charge in [0.2, 0.25) is 10.6 Å². The number of hydrogen-bond donors (Lipinski definition) is 1. The highest BCUT2D eigenvalue weighted by atomic mass is 35.5. The molecule has 0 unspecified atom stereocenters. The maximum absolute atomic E-state index is 5.86. The Bertz CT molecular complexity index is 679. The minimum atomic E-state index is 0.152. The molecule has 0 aliphatic carbocycles. The second-order valence-corrected chi connectivity index (χ2v) is 4.13. The fraction of sp³-hybridized carbons (Fsp3) is 0. The van der Waals surface area contributed by atoms with Gasteiger partial charge in [-0.1, -0.05) is 30.3 Å². The molecule has 1 N–H and O–H groups in total. The van der Waals surface area contributed by atoms with Crippen LogP contribution in [0.5, 0.6) is 0 Å². The Labute approximate surface area is 107 Å². The van der Waals surface area contributed by atoms with E-state index in [4.69, 9.17) is 23.2 Å². The highest BCUT2D eigenvalue weighted by Crippen LogP contribution is 2.26. The molecule has 6 heteroatoms. The van der Waals surface area contributed by atoms with Crippen molar-refractivity contribution in [3.63, 3.8) is 0 Å². The van der Waals surface area contributed by atoms with Crippen LogP contribution in [-0.2, 0) is 0 Å². The summed E-state index contributed by atoms with van der Waals surface area (Å²) in [6.45, 7) is 0. The summed E-state index contributed by atoms with van der Waals surface area (Å²) in [4.78, 5) is 15.2. The Hall–Kier alpha value is -1.65. The molecule has 0 bridgehead atoms. The van der Waals surface area contributed by atoms with Gasteiger partial charge in [0.05, 0.1) is 0 Å². The third-order valence-corrected chi connectivity index (χ3v) is 2.69. The van der Waals surface area contributed by atoms with E-state index in [-0.39, 0.29) is 10.6 Å². The summed E-state index contributed by atoms with van der Waals surface area (Å²) in [6, 6.07) is 9.66. The van der Waals surface area contributed by atoms with Gasteiger partial charge in [-0.05, 0) is 23.2 Å². The molecule has 0 amide bonds. The zero-order valence-corrected chi connectivity index (χ0v) is 10.00. The largest absolute Gasteiger partial charge is 0.325 e. The van der Waals surface area contributed by atoms with Crippen LogP contribution in [-0.4, -0.2) is 19.9 Å². The predicted molar refractivity (Wildman–Crippen MR) is 67.1 cm³/mol. The molecule has 0 radical (unpaired) electrons. The summed E-state index contributed by atoms with van der Waals surface area (Å²) in [7, 11) is 0. The Kier molecular flexibility index (Phi) is 2.46. The van der Waals surface area contributed by atoms with Crippen LogP contribution in [0.1, 0.15) is 0 Å². The summed E-state index contributed by atoms with van der Waals surface area (Å²) < 4.78 is 0. The van der Waals surface area contributed by atoms with Gasteiger partial charge in [-0.25, -0.2) is 4.98 Å². The van der Waals surface area contributed by atoms with Gasteiger partial charge < -0.3 is 4.98 Å². The van der Waals surface area contributed by atoms with Crippen LogP contribution in [0, 0.1) is 0 Å². The number of H-pyrrole nitrogens is 1. The maximum atomic E-state index is 5.86. The lowest BCUT2D eigenvalue weighted by atomic mass is 10.1. The Morgan fingerprint density at radius 3 is 2.47 bits per heavy atom. The van der Waals surface area contributed by atoms with E-state index in [1.54, 1.807) is 0 Å². The number of hydrogen-bond acceptors (Lipinski definition) is 3. The SMILES string of the molecule is Clc1nc(-c2ccccc2)c2[nH]c(Cl)nc2n1. The summed E-state index contributed by atoms with van der Waals surface area (Å²) in [5.74, 6) is 0. The number of aromatic nitrogens is 4. The minimum absolute atomic E-state index is 0.152. The number of fused-ring (bicyclic) bond motifs is 1. The first kappa shape index (κ1) is 10.5. The third kappa shape index (κ3) is 1.85. The fourth-order valence-electron chi connectivity index (χ4n) is 1.65. The van der Waals surface area contributed by atoms with E-state index in [2.05, 4.69) is 19.9 Å². The van der Waals surface area contributed by atoms with E-state index in [9.17, 15) is 0 Å². The zero-order chi connectivity index (χ0) is 11.8. The lowest BCUT2D eigenvalue weighted by molar-refractivity contribution is 1.20. The van der Waals surface area contributed by atoms with Crippen molar-refractivity contribution in [1.29, 1.82) is 0 Å². The molecule has 0 aliphatic heterocycles. The molecule has 0 saturated carbocycles. The average Bonchev–Trinajstić information content (AvgIpc) is 2.69. The van der Waals surface area contributed by atoms with Crippen LogP contribution in [0.2, 0.25) is 10.6 Å². The first-order valence-electron chi connectivity index (χ1n) is 4.88. The lowest BCUT2D eigenvalue weighted by Gasteiger charge is -2.01. The quantitative estimate of drug-likeness (QED) is 0.542. The second kappa shape index (κ2) is 3.98. The van der Waals surface area contributed by atoms with E-state index in [1.165, 1.54) is 0 Å². The normalized spacial score (nSPS) is 10.9. The monoisotopic (exact) mass is 264 g/mol. The van der Waals surface area contributed by atoms with Crippen molar-refractivity contribution >= 4 is 34.4 Å². The van der Waals surface area contributed by atoms with Crippen LogP contribution in [0.3, 0.4) is 0 Å². The second-order valence-electron chi connectivity index (χ2n) is 3.43. The Balaban J connectivity index is 2.35. The van der Waals surface area contributed by atoms with Crippen molar-refractivity contribution < 1.29 is 0 Å². The van der Waals surface area contributed by atoms with Crippen molar-refractivity contribution in [3.05, 3.63) is 40.9 Å². The minimum Gasteiger partial charge on any atom is -0.325 e. The first-order valence-corrected chi connectivity index (χ1v) is 5.64. The van der Waals surface area contributed by atoms with E-state index in [0.717, 1.165) is 5.56 Å². The molecule has 0 aliphatic rings. The number of rotatable bonds is 1. The van der Waals surface area contributed by atoms with Crippen molar-refractivity contribution in [2.45, 2.75) is 0 Å². The molecular weight excluding hydrogens is 259 g/mol. The molecule has 2 heterocycles. The molecule has 3 aromatic rings. The van der Waals surface area contributed by atoms with Gasteiger partial charge >= 0.3 is 0 Å². The molecule has 0 fully saturated rings. The van der Waals surface area contributed by atoms with Crippen LogP contribution < -0.4 is 0 Å². The van der Waals surface area contributed by atoms with Crippen molar-refractivity contribution in [2.24, 2.45) is 0 Å². The summed E-state index contributed by atoms with van der Waals surface area (Å²) in [5.41, 5.74) is 2.78. The van der Waals surface area contributed by atoms with E-state index in [0.29, 0.717) is 16.9 Å². The van der Waals surface area contributed by atoms with Gasteiger partial charge in [-0.2, -0.15) is 9.97 Å². The highest BCUT2D eigenvalue weighted by molar-refractivity contribution is 6.30. The molecule has 0 atom stereocenters. The van der Waals surface area contributed by atoms with E-state index in [1.807, 2.05) is 30.3 Å². The smallest absolute Gasteiger partial charge is 0.225 e. The van der Waals surface area contributed by atoms with Crippen molar-refractivity contribution in [2.75, 3.05) is 0 Å². The maximum Gasteiger partial charge on any atom is 0.225 e. The molecule has 3 rings (SSSR count). The van der Waals surface area contributed by atoms with Gasteiger partial charge in [0.15, 0.2) is 5.65 Å². The Morgan fingerprint density at radius 2 is 1.71 bits per heavy atom. The molecule has 0 saturated heterocycles. The lowest BCUT2D eigenvalue weighted by Crippen LogP contribution is -1.90. The molecule has 84 valence electrons. The van der Waals surface area contributed by atoms with Gasteiger partial charge in [0, 0.05) is 5.56 Å². The molecule has 1 aromatic carbocycles. The predicted octanol–water partition coefficient (Wildman–Crippen LogP) is 3.33. The summed E-state index contributed by atoms with van der Waals surface area (Å²) >= 11 is 11.7. The van der Waals surface area contributed by atoms with Gasteiger partial charge in [-0.15, -0.1) is 0 Å². The molecule has 4 nitrogen and oxygen atoms in total.